The van der Waals surface area contributed by atoms with Crippen molar-refractivity contribution in [2.75, 3.05) is 6.61 Å². The molecule has 0 spiro atoms. The number of rotatable bonds is 7. The van der Waals surface area contributed by atoms with Gasteiger partial charge >= 0.3 is 0 Å². The van der Waals surface area contributed by atoms with Crippen LogP contribution in [0.4, 0.5) is 0 Å². The summed E-state index contributed by atoms with van der Waals surface area (Å²) < 4.78 is 10.7. The van der Waals surface area contributed by atoms with E-state index in [1.165, 1.54) is 0 Å². The number of hydrogen-bond donors (Lipinski definition) is 1. The maximum atomic E-state index is 6.11. The molecule has 1 heterocycles. The zero-order chi connectivity index (χ0) is 11.1. The van der Waals surface area contributed by atoms with E-state index in [-0.39, 0.29) is 12.1 Å². The average Bonchev–Trinajstić information content (AvgIpc) is 2.70. The second-order valence-electron chi connectivity index (χ2n) is 3.78. The van der Waals surface area contributed by atoms with Crippen molar-refractivity contribution in [2.24, 2.45) is 5.73 Å². The van der Waals surface area contributed by atoms with Crippen LogP contribution < -0.4 is 5.73 Å². The largest absolute Gasteiger partial charge is 0.472 e. The van der Waals surface area contributed by atoms with Crippen LogP contribution in [0.25, 0.3) is 0 Å². The van der Waals surface area contributed by atoms with Gasteiger partial charge in [-0.15, -0.1) is 0 Å². The van der Waals surface area contributed by atoms with Crippen molar-refractivity contribution in [2.45, 2.75) is 45.3 Å². The van der Waals surface area contributed by atoms with E-state index in [1.807, 2.05) is 13.0 Å². The Morgan fingerprint density at radius 2 is 2.27 bits per heavy atom. The van der Waals surface area contributed by atoms with Gasteiger partial charge in [0, 0.05) is 12.6 Å². The standard InChI is InChI=1S/C12H21NO2/c1-3-5-12(15-4-2)11(13)8-10-6-7-14-9-10/h6-7,9,11-12H,3-5,8,13H2,1-2H3. The first-order valence-corrected chi connectivity index (χ1v) is 5.66. The third-order valence-electron chi connectivity index (χ3n) is 2.48. The molecule has 2 N–H and O–H groups in total. The second kappa shape index (κ2) is 6.64. The Morgan fingerprint density at radius 3 is 2.80 bits per heavy atom. The van der Waals surface area contributed by atoms with Crippen molar-refractivity contribution < 1.29 is 9.15 Å². The molecule has 0 aromatic carbocycles. The van der Waals surface area contributed by atoms with Gasteiger partial charge in [0.1, 0.15) is 0 Å². The summed E-state index contributed by atoms with van der Waals surface area (Å²) in [4.78, 5) is 0. The van der Waals surface area contributed by atoms with Crippen molar-refractivity contribution >= 4 is 0 Å². The topological polar surface area (TPSA) is 48.4 Å². The van der Waals surface area contributed by atoms with Gasteiger partial charge in [-0.2, -0.15) is 0 Å². The Bertz CT molecular complexity index is 240. The summed E-state index contributed by atoms with van der Waals surface area (Å²) in [6, 6.07) is 2.01. The molecule has 2 atom stereocenters. The molecule has 3 nitrogen and oxygen atoms in total. The average molecular weight is 211 g/mol. The lowest BCUT2D eigenvalue weighted by Crippen LogP contribution is -2.38. The maximum Gasteiger partial charge on any atom is 0.0935 e. The quantitative estimate of drug-likeness (QED) is 0.753. The lowest BCUT2D eigenvalue weighted by atomic mass is 10.0. The lowest BCUT2D eigenvalue weighted by Gasteiger charge is -2.22. The molecule has 1 aromatic heterocycles. The maximum absolute atomic E-state index is 6.11. The Kier molecular flexibility index (Phi) is 5.43. The summed E-state index contributed by atoms with van der Waals surface area (Å²) in [5, 5.41) is 0. The van der Waals surface area contributed by atoms with Crippen LogP contribution in [0.1, 0.15) is 32.3 Å². The first-order valence-electron chi connectivity index (χ1n) is 5.66. The van der Waals surface area contributed by atoms with Crippen LogP contribution in [0.3, 0.4) is 0 Å². The fraction of sp³-hybridized carbons (Fsp3) is 0.667. The molecule has 0 fully saturated rings. The highest BCUT2D eigenvalue weighted by Crippen LogP contribution is 2.11. The zero-order valence-corrected chi connectivity index (χ0v) is 9.61. The highest BCUT2D eigenvalue weighted by molar-refractivity contribution is 5.07. The minimum atomic E-state index is 0.0579. The molecule has 0 bridgehead atoms. The van der Waals surface area contributed by atoms with E-state index >= 15 is 0 Å². The molecule has 0 aliphatic heterocycles. The minimum Gasteiger partial charge on any atom is -0.472 e. The lowest BCUT2D eigenvalue weighted by molar-refractivity contribution is 0.0378. The summed E-state index contributed by atoms with van der Waals surface area (Å²) in [7, 11) is 0. The third-order valence-corrected chi connectivity index (χ3v) is 2.48. The van der Waals surface area contributed by atoms with Crippen LogP contribution in [0.5, 0.6) is 0 Å². The predicted octanol–water partition coefficient (Wildman–Crippen LogP) is 2.35. The van der Waals surface area contributed by atoms with Crippen molar-refractivity contribution in [1.82, 2.24) is 0 Å². The summed E-state index contributed by atoms with van der Waals surface area (Å²) in [6.07, 6.45) is 6.53. The van der Waals surface area contributed by atoms with Crippen LogP contribution in [0, 0.1) is 0 Å². The highest BCUT2D eigenvalue weighted by Gasteiger charge is 2.17. The number of furan rings is 1. The molecule has 0 amide bonds. The smallest absolute Gasteiger partial charge is 0.0935 e. The summed E-state index contributed by atoms with van der Waals surface area (Å²) in [6.45, 7) is 4.88. The van der Waals surface area contributed by atoms with Gasteiger partial charge in [-0.05, 0) is 31.4 Å². The van der Waals surface area contributed by atoms with Gasteiger partial charge < -0.3 is 14.9 Å². The molecule has 1 rings (SSSR count). The molecule has 3 heteroatoms. The van der Waals surface area contributed by atoms with Crippen LogP contribution in [0.2, 0.25) is 0 Å². The molecule has 0 saturated carbocycles. The SMILES string of the molecule is CCCC(OCC)C(N)Cc1ccoc1. The van der Waals surface area contributed by atoms with Crippen molar-refractivity contribution in [3.05, 3.63) is 24.2 Å². The first-order chi connectivity index (χ1) is 7.27. The minimum absolute atomic E-state index is 0.0579. The summed E-state index contributed by atoms with van der Waals surface area (Å²) in [5.74, 6) is 0. The van der Waals surface area contributed by atoms with Gasteiger partial charge in [0.05, 0.1) is 18.6 Å². The molecular weight excluding hydrogens is 190 g/mol. The Morgan fingerprint density at radius 1 is 1.47 bits per heavy atom. The normalized spacial score (nSPS) is 15.1. The number of nitrogens with two attached hydrogens (primary N) is 1. The molecule has 0 aliphatic carbocycles. The molecule has 1 aromatic rings. The van der Waals surface area contributed by atoms with E-state index in [4.69, 9.17) is 14.9 Å². The predicted molar refractivity (Wildman–Crippen MR) is 60.7 cm³/mol. The molecule has 0 saturated heterocycles. The molecule has 0 radical (unpaired) electrons. The van der Waals surface area contributed by atoms with E-state index < -0.39 is 0 Å². The number of hydrogen-bond acceptors (Lipinski definition) is 3. The van der Waals surface area contributed by atoms with Gasteiger partial charge in [0.15, 0.2) is 0 Å². The van der Waals surface area contributed by atoms with Gasteiger partial charge in [0.2, 0.25) is 0 Å². The molecule has 15 heavy (non-hydrogen) atoms. The third kappa shape index (κ3) is 4.06. The van der Waals surface area contributed by atoms with Gasteiger partial charge in [-0.3, -0.25) is 0 Å². The fourth-order valence-corrected chi connectivity index (χ4v) is 1.73. The molecule has 0 aliphatic rings. The fourth-order valence-electron chi connectivity index (χ4n) is 1.73. The van der Waals surface area contributed by atoms with E-state index in [0.717, 1.165) is 31.4 Å². The van der Waals surface area contributed by atoms with Crippen molar-refractivity contribution in [3.63, 3.8) is 0 Å². The van der Waals surface area contributed by atoms with Crippen LogP contribution >= 0.6 is 0 Å². The molecular formula is C12H21NO2. The summed E-state index contributed by atoms with van der Waals surface area (Å²) in [5.41, 5.74) is 7.26. The second-order valence-corrected chi connectivity index (χ2v) is 3.78. The highest BCUT2D eigenvalue weighted by atomic mass is 16.5. The zero-order valence-electron chi connectivity index (χ0n) is 9.61. The van der Waals surface area contributed by atoms with Crippen LogP contribution in [-0.4, -0.2) is 18.8 Å². The summed E-state index contributed by atoms with van der Waals surface area (Å²) >= 11 is 0. The molecule has 2 unspecified atom stereocenters. The van der Waals surface area contributed by atoms with Gasteiger partial charge in [-0.1, -0.05) is 13.3 Å². The van der Waals surface area contributed by atoms with Crippen LogP contribution in [-0.2, 0) is 11.2 Å². The monoisotopic (exact) mass is 211 g/mol. The van der Waals surface area contributed by atoms with Crippen molar-refractivity contribution in [3.8, 4) is 0 Å². The Labute approximate surface area is 91.6 Å². The van der Waals surface area contributed by atoms with Crippen LogP contribution in [0.15, 0.2) is 23.0 Å². The van der Waals surface area contributed by atoms with E-state index in [0.29, 0.717) is 0 Å². The Hall–Kier alpha value is -0.800. The van der Waals surface area contributed by atoms with Gasteiger partial charge in [0.25, 0.3) is 0 Å². The van der Waals surface area contributed by atoms with Crippen molar-refractivity contribution in [1.29, 1.82) is 0 Å². The first kappa shape index (κ1) is 12.3. The van der Waals surface area contributed by atoms with E-state index in [2.05, 4.69) is 6.92 Å². The number of ether oxygens (including phenoxy) is 1. The Balaban J connectivity index is 2.44. The van der Waals surface area contributed by atoms with E-state index in [9.17, 15) is 0 Å². The van der Waals surface area contributed by atoms with Gasteiger partial charge in [-0.25, -0.2) is 0 Å². The van der Waals surface area contributed by atoms with E-state index in [1.54, 1.807) is 12.5 Å². The molecule has 86 valence electrons.